The van der Waals surface area contributed by atoms with Crippen LogP contribution in [0.3, 0.4) is 0 Å². The highest BCUT2D eigenvalue weighted by Gasteiger charge is 2.30. The molecule has 0 aliphatic carbocycles. The molecule has 2 heterocycles. The Morgan fingerprint density at radius 2 is 1.73 bits per heavy atom. The first-order chi connectivity index (χ1) is 21.1. The number of amides is 1. The molecule has 1 aliphatic heterocycles. The van der Waals surface area contributed by atoms with Crippen LogP contribution in [0.25, 0.3) is 10.6 Å². The molecule has 44 heavy (non-hydrogen) atoms. The van der Waals surface area contributed by atoms with Gasteiger partial charge in [-0.1, -0.05) is 18.2 Å². The van der Waals surface area contributed by atoms with E-state index in [1.165, 1.54) is 26.0 Å². The SMILES string of the molecule is Cc1cc(SCc2sc(-c3ccc(F)cc3)nc2CN2CCN(C(=O)Oc3ccccc3)CC2)ccc1OC(C)(C)C(=O)O. The van der Waals surface area contributed by atoms with Gasteiger partial charge in [-0.3, -0.25) is 4.90 Å². The topological polar surface area (TPSA) is 92.2 Å². The molecular formula is C33H34FN3O5S2. The third-order valence-corrected chi connectivity index (χ3v) is 9.57. The van der Waals surface area contributed by atoms with Gasteiger partial charge < -0.3 is 19.5 Å². The lowest BCUT2D eigenvalue weighted by molar-refractivity contribution is -0.152. The van der Waals surface area contributed by atoms with Crippen molar-refractivity contribution >= 4 is 35.2 Å². The summed E-state index contributed by atoms with van der Waals surface area (Å²) in [6, 6.07) is 21.2. The summed E-state index contributed by atoms with van der Waals surface area (Å²) in [5, 5.41) is 10.2. The van der Waals surface area contributed by atoms with Gasteiger partial charge in [0.1, 0.15) is 22.3 Å². The second kappa shape index (κ2) is 13.8. The van der Waals surface area contributed by atoms with E-state index in [0.29, 0.717) is 50.0 Å². The Hall–Kier alpha value is -3.93. The molecule has 0 unspecified atom stereocenters. The molecule has 1 saturated heterocycles. The van der Waals surface area contributed by atoms with Crippen LogP contribution in [0.4, 0.5) is 9.18 Å². The minimum atomic E-state index is -1.33. The number of carbonyl (C=O) groups is 2. The van der Waals surface area contributed by atoms with Crippen LogP contribution < -0.4 is 9.47 Å². The van der Waals surface area contributed by atoms with Crippen LogP contribution in [0.1, 0.15) is 30.0 Å². The first-order valence-electron chi connectivity index (χ1n) is 14.2. The quantitative estimate of drug-likeness (QED) is 0.185. The number of thiazole rings is 1. The number of carbonyl (C=O) groups excluding carboxylic acids is 1. The van der Waals surface area contributed by atoms with E-state index < -0.39 is 11.6 Å². The average molecular weight is 636 g/mol. The average Bonchev–Trinajstić information content (AvgIpc) is 3.40. The Labute approximate surface area is 264 Å². The Bertz CT molecular complexity index is 1600. The van der Waals surface area contributed by atoms with Crippen molar-refractivity contribution in [3.63, 3.8) is 0 Å². The van der Waals surface area contributed by atoms with Gasteiger partial charge in [0.2, 0.25) is 0 Å². The molecule has 1 fully saturated rings. The Morgan fingerprint density at radius 3 is 2.39 bits per heavy atom. The van der Waals surface area contributed by atoms with E-state index in [1.54, 1.807) is 52.3 Å². The summed E-state index contributed by atoms with van der Waals surface area (Å²) in [7, 11) is 0. The Morgan fingerprint density at radius 1 is 1.02 bits per heavy atom. The summed E-state index contributed by atoms with van der Waals surface area (Å²) in [5.74, 6) is 0.417. The van der Waals surface area contributed by atoms with Gasteiger partial charge in [-0.05, 0) is 80.9 Å². The number of aromatic nitrogens is 1. The zero-order valence-corrected chi connectivity index (χ0v) is 26.4. The van der Waals surface area contributed by atoms with E-state index in [9.17, 15) is 19.1 Å². The number of carboxylic acids is 1. The number of nitrogens with zero attached hydrogens (tertiary/aromatic N) is 3. The van der Waals surface area contributed by atoms with Gasteiger partial charge >= 0.3 is 12.1 Å². The molecule has 0 atom stereocenters. The van der Waals surface area contributed by atoms with Crippen LogP contribution in [0, 0.1) is 12.7 Å². The minimum Gasteiger partial charge on any atom is -0.478 e. The van der Waals surface area contributed by atoms with Crippen molar-refractivity contribution in [2.24, 2.45) is 0 Å². The molecule has 4 aromatic rings. The first kappa shape index (κ1) is 31.5. The Kier molecular flexibility index (Phi) is 9.87. The van der Waals surface area contributed by atoms with Crippen LogP contribution in [0.15, 0.2) is 77.7 Å². The third kappa shape index (κ3) is 7.96. The number of ether oxygens (including phenoxy) is 2. The van der Waals surface area contributed by atoms with Crippen molar-refractivity contribution in [2.75, 3.05) is 26.2 Å². The van der Waals surface area contributed by atoms with Gasteiger partial charge in [-0.2, -0.15) is 0 Å². The molecule has 11 heteroatoms. The molecular weight excluding hydrogens is 602 g/mol. The monoisotopic (exact) mass is 635 g/mol. The maximum atomic E-state index is 13.6. The van der Waals surface area contributed by atoms with E-state index in [-0.39, 0.29) is 11.9 Å². The van der Waals surface area contributed by atoms with Gasteiger partial charge in [0.15, 0.2) is 5.60 Å². The normalized spacial score (nSPS) is 14.0. The highest BCUT2D eigenvalue weighted by Crippen LogP contribution is 2.35. The fourth-order valence-corrected chi connectivity index (χ4v) is 6.76. The molecule has 3 aromatic carbocycles. The number of piperazine rings is 1. The molecule has 5 rings (SSSR count). The number of benzene rings is 3. The summed E-state index contributed by atoms with van der Waals surface area (Å²) >= 11 is 3.26. The van der Waals surface area contributed by atoms with Crippen molar-refractivity contribution in [2.45, 2.75) is 43.6 Å². The summed E-state index contributed by atoms with van der Waals surface area (Å²) in [6.07, 6.45) is -0.349. The van der Waals surface area contributed by atoms with Crippen LogP contribution in [-0.4, -0.2) is 63.7 Å². The summed E-state index contributed by atoms with van der Waals surface area (Å²) < 4.78 is 24.9. The van der Waals surface area contributed by atoms with E-state index in [1.807, 2.05) is 43.3 Å². The zero-order chi connectivity index (χ0) is 31.3. The van der Waals surface area contributed by atoms with Crippen LogP contribution >= 0.6 is 23.1 Å². The van der Waals surface area contributed by atoms with E-state index >= 15 is 0 Å². The second-order valence-corrected chi connectivity index (χ2v) is 13.1. The van der Waals surface area contributed by atoms with Gasteiger partial charge in [0.05, 0.1) is 5.69 Å². The maximum Gasteiger partial charge on any atom is 0.415 e. The van der Waals surface area contributed by atoms with Crippen LogP contribution in [-0.2, 0) is 17.1 Å². The zero-order valence-electron chi connectivity index (χ0n) is 24.8. The van der Waals surface area contributed by atoms with Crippen molar-refractivity contribution < 1.29 is 28.6 Å². The first-order valence-corrected chi connectivity index (χ1v) is 16.0. The standard InChI is InChI=1S/C33H34FN3O5S2/c1-22-19-26(13-14-28(22)42-33(2,3)31(38)39)43-21-29-27(35-30(44-29)23-9-11-24(34)12-10-23)20-36-15-17-37(18-16-36)32(40)41-25-7-5-4-6-8-25/h4-14,19H,15-18,20-21H2,1-3H3,(H,38,39). The van der Waals surface area contributed by atoms with Crippen LogP contribution in [0.2, 0.25) is 0 Å². The highest BCUT2D eigenvalue weighted by molar-refractivity contribution is 7.98. The largest absolute Gasteiger partial charge is 0.478 e. The maximum absolute atomic E-state index is 13.6. The summed E-state index contributed by atoms with van der Waals surface area (Å²) in [5.41, 5.74) is 1.34. The number of aryl methyl sites for hydroxylation is 1. The molecule has 1 aliphatic rings. The van der Waals surface area contributed by atoms with E-state index in [2.05, 4.69) is 4.90 Å². The van der Waals surface area contributed by atoms with Gasteiger partial charge in [0.25, 0.3) is 0 Å². The number of aliphatic carboxylic acids is 1. The number of rotatable bonds is 10. The number of carboxylic acid groups (broad SMARTS) is 1. The predicted molar refractivity (Wildman–Crippen MR) is 170 cm³/mol. The number of thioether (sulfide) groups is 1. The van der Waals surface area contributed by atoms with E-state index in [4.69, 9.17) is 14.5 Å². The Balaban J connectivity index is 1.26. The molecule has 8 nitrogen and oxygen atoms in total. The number of hydrogen-bond donors (Lipinski definition) is 1. The van der Waals surface area contributed by atoms with Gasteiger partial charge in [-0.25, -0.2) is 19.0 Å². The van der Waals surface area contributed by atoms with Gasteiger partial charge in [0, 0.05) is 53.8 Å². The molecule has 1 amide bonds. The smallest absolute Gasteiger partial charge is 0.415 e. The molecule has 0 spiro atoms. The second-order valence-electron chi connectivity index (χ2n) is 11.0. The number of hydrogen-bond acceptors (Lipinski definition) is 8. The van der Waals surface area contributed by atoms with E-state index in [0.717, 1.165) is 31.6 Å². The summed E-state index contributed by atoms with van der Waals surface area (Å²) in [6.45, 7) is 8.06. The third-order valence-electron chi connectivity index (χ3n) is 7.22. The molecule has 0 bridgehead atoms. The number of halogens is 1. The van der Waals surface area contributed by atoms with Crippen molar-refractivity contribution in [1.29, 1.82) is 0 Å². The fraction of sp³-hybridized carbons (Fsp3) is 0.303. The fourth-order valence-electron chi connectivity index (χ4n) is 4.58. The summed E-state index contributed by atoms with van der Waals surface area (Å²) in [4.78, 5) is 35.3. The van der Waals surface area contributed by atoms with Crippen molar-refractivity contribution in [3.8, 4) is 22.1 Å². The molecule has 230 valence electrons. The number of para-hydroxylation sites is 1. The van der Waals surface area contributed by atoms with Gasteiger partial charge in [-0.15, -0.1) is 23.1 Å². The molecule has 0 saturated carbocycles. The lowest BCUT2D eigenvalue weighted by atomic mass is 10.1. The van der Waals surface area contributed by atoms with Crippen LogP contribution in [0.5, 0.6) is 11.5 Å². The highest BCUT2D eigenvalue weighted by atomic mass is 32.2. The lowest BCUT2D eigenvalue weighted by Crippen LogP contribution is -2.49. The van der Waals surface area contributed by atoms with Crippen molar-refractivity contribution in [3.05, 3.63) is 94.7 Å². The molecule has 0 radical (unpaired) electrons. The lowest BCUT2D eigenvalue weighted by Gasteiger charge is -2.33. The molecule has 1 aromatic heterocycles. The van der Waals surface area contributed by atoms with Crippen molar-refractivity contribution in [1.82, 2.24) is 14.8 Å². The molecule has 1 N–H and O–H groups in total. The minimum absolute atomic E-state index is 0.292. The predicted octanol–water partition coefficient (Wildman–Crippen LogP) is 7.11.